The lowest BCUT2D eigenvalue weighted by molar-refractivity contribution is 0.305. The minimum atomic E-state index is 0.621. The quantitative estimate of drug-likeness (QED) is 0.815. The molecule has 0 N–H and O–H groups in total. The van der Waals surface area contributed by atoms with E-state index in [9.17, 15) is 0 Å². The van der Waals surface area contributed by atoms with Crippen LogP contribution in [0.3, 0.4) is 0 Å². The van der Waals surface area contributed by atoms with E-state index in [0.717, 1.165) is 10.2 Å². The molecule has 1 heterocycles. The molecule has 72 valence electrons. The molecule has 0 aliphatic heterocycles. The molecule has 14 heavy (non-hydrogen) atoms. The minimum absolute atomic E-state index is 0.621. The summed E-state index contributed by atoms with van der Waals surface area (Å²) in [6.07, 6.45) is 0. The Morgan fingerprint density at radius 3 is 2.57 bits per heavy atom. The molecule has 0 atom stereocenters. The van der Waals surface area contributed by atoms with Gasteiger partial charge in [-0.3, -0.25) is 0 Å². The van der Waals surface area contributed by atoms with Crippen LogP contribution in [0.4, 0.5) is 0 Å². The number of halogens is 1. The van der Waals surface area contributed by atoms with Crippen LogP contribution in [0, 0.1) is 0 Å². The maximum absolute atomic E-state index is 5.63. The van der Waals surface area contributed by atoms with Crippen molar-refractivity contribution in [3.63, 3.8) is 0 Å². The van der Waals surface area contributed by atoms with Crippen molar-refractivity contribution < 1.29 is 4.74 Å². The molecule has 0 saturated heterocycles. The van der Waals surface area contributed by atoms with Crippen LogP contribution in [0.1, 0.15) is 5.56 Å². The highest BCUT2D eigenvalue weighted by atomic mass is 79.9. The lowest BCUT2D eigenvalue weighted by Crippen LogP contribution is -1.93. The van der Waals surface area contributed by atoms with Crippen LogP contribution < -0.4 is 4.74 Å². The van der Waals surface area contributed by atoms with Crippen molar-refractivity contribution in [3.05, 3.63) is 51.1 Å². The Labute approximate surface area is 95.5 Å². The number of ether oxygens (including phenoxy) is 1. The smallest absolute Gasteiger partial charge is 0.144 e. The number of benzene rings is 1. The molecular weight excluding hydrogens is 260 g/mol. The molecular formula is C11H9BrOS. The summed E-state index contributed by atoms with van der Waals surface area (Å²) in [6, 6.07) is 10.1. The first-order valence-corrected chi connectivity index (χ1v) is 5.98. The monoisotopic (exact) mass is 268 g/mol. The first kappa shape index (κ1) is 9.74. The van der Waals surface area contributed by atoms with Crippen molar-refractivity contribution in [2.75, 3.05) is 0 Å². The van der Waals surface area contributed by atoms with Crippen molar-refractivity contribution >= 4 is 27.3 Å². The molecule has 0 aliphatic carbocycles. The van der Waals surface area contributed by atoms with Crippen molar-refractivity contribution in [2.45, 2.75) is 6.61 Å². The number of rotatable bonds is 3. The fourth-order valence-corrected chi connectivity index (χ4v) is 2.43. The van der Waals surface area contributed by atoms with Crippen LogP contribution in [0.25, 0.3) is 0 Å². The number of hydrogen-bond donors (Lipinski definition) is 0. The fraction of sp³-hybridized carbons (Fsp3) is 0.0909. The van der Waals surface area contributed by atoms with Gasteiger partial charge in [-0.25, -0.2) is 0 Å². The standard InChI is InChI=1S/C11H9BrOS/c12-10-7-14-8-11(10)13-6-9-4-2-1-3-5-9/h1-5,7-8H,6H2. The topological polar surface area (TPSA) is 9.23 Å². The third-order valence-corrected chi connectivity index (χ3v) is 3.46. The Hall–Kier alpha value is -0.800. The highest BCUT2D eigenvalue weighted by molar-refractivity contribution is 9.10. The highest BCUT2D eigenvalue weighted by Gasteiger charge is 2.01. The van der Waals surface area contributed by atoms with E-state index in [2.05, 4.69) is 28.1 Å². The summed E-state index contributed by atoms with van der Waals surface area (Å²) in [5.41, 5.74) is 1.19. The molecule has 0 saturated carbocycles. The molecule has 0 amide bonds. The summed E-state index contributed by atoms with van der Waals surface area (Å²) < 4.78 is 6.65. The van der Waals surface area contributed by atoms with Crippen LogP contribution >= 0.6 is 27.3 Å². The second-order valence-corrected chi connectivity index (χ2v) is 4.46. The Bertz CT molecular complexity index is 397. The van der Waals surface area contributed by atoms with Crippen LogP contribution in [-0.2, 0) is 6.61 Å². The molecule has 1 aromatic carbocycles. The van der Waals surface area contributed by atoms with Gasteiger partial charge < -0.3 is 4.74 Å². The van der Waals surface area contributed by atoms with E-state index in [-0.39, 0.29) is 0 Å². The molecule has 2 aromatic rings. The molecule has 1 nitrogen and oxygen atoms in total. The van der Waals surface area contributed by atoms with Crippen LogP contribution in [0.5, 0.6) is 5.75 Å². The second-order valence-electron chi connectivity index (χ2n) is 2.86. The van der Waals surface area contributed by atoms with E-state index in [1.165, 1.54) is 5.56 Å². The lowest BCUT2D eigenvalue weighted by atomic mass is 10.2. The predicted octanol–water partition coefficient (Wildman–Crippen LogP) is 4.09. The van der Waals surface area contributed by atoms with Gasteiger partial charge in [-0.15, -0.1) is 11.3 Å². The molecule has 1 aromatic heterocycles. The van der Waals surface area contributed by atoms with Gasteiger partial charge in [0, 0.05) is 10.8 Å². The number of thiophene rings is 1. The largest absolute Gasteiger partial charge is 0.487 e. The zero-order chi connectivity index (χ0) is 9.80. The van der Waals surface area contributed by atoms with Gasteiger partial charge in [0.2, 0.25) is 0 Å². The zero-order valence-corrected chi connectivity index (χ0v) is 9.85. The van der Waals surface area contributed by atoms with Gasteiger partial charge in [-0.05, 0) is 21.5 Å². The maximum Gasteiger partial charge on any atom is 0.144 e. The van der Waals surface area contributed by atoms with Gasteiger partial charge in [-0.1, -0.05) is 30.3 Å². The van der Waals surface area contributed by atoms with Gasteiger partial charge >= 0.3 is 0 Å². The third-order valence-electron chi connectivity index (χ3n) is 1.82. The molecule has 3 heteroatoms. The first-order valence-electron chi connectivity index (χ1n) is 4.24. The average molecular weight is 269 g/mol. The summed E-state index contributed by atoms with van der Waals surface area (Å²) >= 11 is 5.05. The number of hydrogen-bond acceptors (Lipinski definition) is 2. The summed E-state index contributed by atoms with van der Waals surface area (Å²) in [5, 5.41) is 4.01. The van der Waals surface area contributed by atoms with Crippen molar-refractivity contribution in [2.24, 2.45) is 0 Å². The molecule has 0 radical (unpaired) electrons. The maximum atomic E-state index is 5.63. The Morgan fingerprint density at radius 2 is 1.93 bits per heavy atom. The van der Waals surface area contributed by atoms with E-state index in [1.54, 1.807) is 11.3 Å². The van der Waals surface area contributed by atoms with Crippen LogP contribution in [0.15, 0.2) is 45.6 Å². The predicted molar refractivity (Wildman–Crippen MR) is 62.8 cm³/mol. The van der Waals surface area contributed by atoms with E-state index in [1.807, 2.05) is 29.0 Å². The lowest BCUT2D eigenvalue weighted by Gasteiger charge is -2.04. The van der Waals surface area contributed by atoms with Crippen molar-refractivity contribution in [1.82, 2.24) is 0 Å². The Kier molecular flexibility index (Phi) is 3.22. The first-order chi connectivity index (χ1) is 6.86. The molecule has 0 aliphatic rings. The van der Waals surface area contributed by atoms with Gasteiger partial charge in [0.25, 0.3) is 0 Å². The zero-order valence-electron chi connectivity index (χ0n) is 7.44. The Morgan fingerprint density at radius 1 is 1.14 bits per heavy atom. The third kappa shape index (κ3) is 2.36. The minimum Gasteiger partial charge on any atom is -0.487 e. The van der Waals surface area contributed by atoms with Crippen molar-refractivity contribution in [1.29, 1.82) is 0 Å². The van der Waals surface area contributed by atoms with E-state index < -0.39 is 0 Å². The fourth-order valence-electron chi connectivity index (χ4n) is 1.11. The highest BCUT2D eigenvalue weighted by Crippen LogP contribution is 2.29. The summed E-state index contributed by atoms with van der Waals surface area (Å²) in [6.45, 7) is 0.621. The van der Waals surface area contributed by atoms with Crippen molar-refractivity contribution in [3.8, 4) is 5.75 Å². The summed E-state index contributed by atoms with van der Waals surface area (Å²) in [7, 11) is 0. The molecule has 0 spiro atoms. The van der Waals surface area contributed by atoms with E-state index in [4.69, 9.17) is 4.74 Å². The molecule has 0 unspecified atom stereocenters. The SMILES string of the molecule is Brc1cscc1OCc1ccccc1. The molecule has 0 fully saturated rings. The summed E-state index contributed by atoms with van der Waals surface area (Å²) in [5.74, 6) is 0.916. The van der Waals surface area contributed by atoms with Gasteiger partial charge in [-0.2, -0.15) is 0 Å². The van der Waals surface area contributed by atoms with Gasteiger partial charge in [0.15, 0.2) is 0 Å². The van der Waals surface area contributed by atoms with Crippen LogP contribution in [-0.4, -0.2) is 0 Å². The van der Waals surface area contributed by atoms with E-state index >= 15 is 0 Å². The average Bonchev–Trinajstić information content (AvgIpc) is 2.63. The molecule has 0 bridgehead atoms. The second kappa shape index (κ2) is 4.62. The summed E-state index contributed by atoms with van der Waals surface area (Å²) in [4.78, 5) is 0. The van der Waals surface area contributed by atoms with E-state index in [0.29, 0.717) is 6.61 Å². The molecule has 2 rings (SSSR count). The normalized spacial score (nSPS) is 10.1. The van der Waals surface area contributed by atoms with Gasteiger partial charge in [0.1, 0.15) is 12.4 Å². The Balaban J connectivity index is 1.99. The van der Waals surface area contributed by atoms with Crippen LogP contribution in [0.2, 0.25) is 0 Å². The van der Waals surface area contributed by atoms with Gasteiger partial charge in [0.05, 0.1) is 4.47 Å².